The number of carboxylic acid groups (broad SMARTS) is 1. The zero-order chi connectivity index (χ0) is 14.9. The Bertz CT molecular complexity index is 384. The van der Waals surface area contributed by atoms with Crippen LogP contribution in [-0.4, -0.2) is 58.3 Å². The summed E-state index contributed by atoms with van der Waals surface area (Å²) in [6.45, 7) is 3.92. The molecule has 3 aliphatic rings. The third-order valence-corrected chi connectivity index (χ3v) is 6.84. The zero-order valence-electron chi connectivity index (χ0n) is 12.9. The first kappa shape index (κ1) is 15.6. The summed E-state index contributed by atoms with van der Waals surface area (Å²) < 4.78 is 6.09. The Morgan fingerprint density at radius 2 is 2.33 bits per heavy atom. The molecule has 0 aliphatic carbocycles. The van der Waals surface area contributed by atoms with Gasteiger partial charge in [0.15, 0.2) is 0 Å². The van der Waals surface area contributed by atoms with Gasteiger partial charge in [0.25, 0.3) is 0 Å². The Kier molecular flexibility index (Phi) is 4.81. The molecule has 3 fully saturated rings. The molecule has 0 aromatic rings. The number of hydrogen-bond acceptors (Lipinski definition) is 4. The van der Waals surface area contributed by atoms with Crippen LogP contribution in [0.15, 0.2) is 0 Å². The maximum atomic E-state index is 11.7. The minimum atomic E-state index is -0.630. The van der Waals surface area contributed by atoms with Crippen molar-refractivity contribution in [2.45, 2.75) is 63.1 Å². The van der Waals surface area contributed by atoms with E-state index in [1.807, 2.05) is 11.8 Å². The molecule has 0 aromatic carbocycles. The summed E-state index contributed by atoms with van der Waals surface area (Å²) in [5, 5.41) is 9.63. The molecular formula is C16H27NO3S. The van der Waals surface area contributed by atoms with Gasteiger partial charge in [-0.05, 0) is 50.3 Å². The second-order valence-corrected chi connectivity index (χ2v) is 7.98. The number of ether oxygens (including phenoxy) is 1. The molecule has 0 aromatic heterocycles. The molecule has 3 rings (SSSR count). The van der Waals surface area contributed by atoms with Crippen LogP contribution in [0.2, 0.25) is 0 Å². The quantitative estimate of drug-likeness (QED) is 0.868. The van der Waals surface area contributed by atoms with Gasteiger partial charge in [-0.2, -0.15) is 11.8 Å². The Morgan fingerprint density at radius 1 is 1.48 bits per heavy atom. The van der Waals surface area contributed by atoms with Crippen LogP contribution in [0, 0.1) is 5.92 Å². The molecule has 0 amide bonds. The molecule has 0 radical (unpaired) electrons. The lowest BCUT2D eigenvalue weighted by Crippen LogP contribution is -2.56. The predicted octanol–water partition coefficient (Wildman–Crippen LogP) is 2.62. The molecule has 0 bridgehead atoms. The van der Waals surface area contributed by atoms with E-state index in [4.69, 9.17) is 4.74 Å². The summed E-state index contributed by atoms with van der Waals surface area (Å²) in [5.41, 5.74) is 0.0399. The monoisotopic (exact) mass is 313 g/mol. The highest BCUT2D eigenvalue weighted by Crippen LogP contribution is 2.41. The van der Waals surface area contributed by atoms with Gasteiger partial charge >= 0.3 is 5.97 Å². The van der Waals surface area contributed by atoms with Crippen LogP contribution in [0.1, 0.15) is 45.4 Å². The van der Waals surface area contributed by atoms with E-state index in [9.17, 15) is 9.90 Å². The van der Waals surface area contributed by atoms with E-state index >= 15 is 0 Å². The smallest absolute Gasteiger partial charge is 0.320 e. The van der Waals surface area contributed by atoms with Gasteiger partial charge in [0, 0.05) is 18.4 Å². The van der Waals surface area contributed by atoms with Crippen LogP contribution in [0.5, 0.6) is 0 Å². The molecule has 5 heteroatoms. The van der Waals surface area contributed by atoms with Crippen LogP contribution in [0.4, 0.5) is 0 Å². The number of thioether (sulfide) groups is 1. The van der Waals surface area contributed by atoms with Gasteiger partial charge in [-0.1, -0.05) is 13.3 Å². The molecule has 4 unspecified atom stereocenters. The third kappa shape index (κ3) is 3.25. The largest absolute Gasteiger partial charge is 0.480 e. The van der Waals surface area contributed by atoms with Gasteiger partial charge in [-0.3, -0.25) is 9.69 Å². The van der Waals surface area contributed by atoms with Crippen LogP contribution in [0.3, 0.4) is 0 Å². The highest BCUT2D eigenvalue weighted by molar-refractivity contribution is 7.99. The molecule has 4 atom stereocenters. The molecule has 3 heterocycles. The third-order valence-electron chi connectivity index (χ3n) is 5.62. The van der Waals surface area contributed by atoms with Crippen molar-refractivity contribution in [1.29, 1.82) is 0 Å². The summed E-state index contributed by atoms with van der Waals surface area (Å²) >= 11 is 1.98. The predicted molar refractivity (Wildman–Crippen MR) is 84.8 cm³/mol. The van der Waals surface area contributed by atoms with Crippen molar-refractivity contribution in [1.82, 2.24) is 4.90 Å². The fourth-order valence-electron chi connectivity index (χ4n) is 4.26. The fourth-order valence-corrected chi connectivity index (χ4v) is 5.63. The molecular weight excluding hydrogens is 286 g/mol. The summed E-state index contributed by atoms with van der Waals surface area (Å²) in [6.07, 6.45) is 6.24. The molecule has 1 spiro atoms. The number of rotatable bonds is 3. The molecule has 21 heavy (non-hydrogen) atoms. The van der Waals surface area contributed by atoms with Gasteiger partial charge in [0.2, 0.25) is 0 Å². The Balaban J connectivity index is 1.70. The maximum absolute atomic E-state index is 11.7. The second-order valence-electron chi connectivity index (χ2n) is 6.87. The first-order valence-corrected chi connectivity index (χ1v) is 9.49. The molecule has 1 N–H and O–H groups in total. The van der Waals surface area contributed by atoms with Crippen molar-refractivity contribution < 1.29 is 14.6 Å². The second kappa shape index (κ2) is 6.47. The minimum Gasteiger partial charge on any atom is -0.480 e. The van der Waals surface area contributed by atoms with Gasteiger partial charge in [-0.15, -0.1) is 0 Å². The summed E-state index contributed by atoms with van der Waals surface area (Å²) in [4.78, 5) is 14.0. The van der Waals surface area contributed by atoms with Crippen molar-refractivity contribution >= 4 is 17.7 Å². The van der Waals surface area contributed by atoms with Crippen molar-refractivity contribution in [3.63, 3.8) is 0 Å². The number of likely N-dealkylation sites (tertiary alicyclic amines) is 1. The number of carboxylic acids is 1. The molecule has 120 valence electrons. The Morgan fingerprint density at radius 3 is 3.00 bits per heavy atom. The normalized spacial score (nSPS) is 41.5. The van der Waals surface area contributed by atoms with Crippen LogP contribution >= 0.6 is 11.8 Å². The first-order valence-electron chi connectivity index (χ1n) is 8.34. The van der Waals surface area contributed by atoms with E-state index in [0.717, 1.165) is 57.4 Å². The highest BCUT2D eigenvalue weighted by Gasteiger charge is 2.45. The lowest BCUT2D eigenvalue weighted by Gasteiger charge is -2.47. The Labute approximate surface area is 131 Å². The number of carbonyl (C=O) groups is 1. The highest BCUT2D eigenvalue weighted by atomic mass is 32.2. The summed E-state index contributed by atoms with van der Waals surface area (Å²) in [7, 11) is 0. The van der Waals surface area contributed by atoms with Gasteiger partial charge < -0.3 is 9.84 Å². The van der Waals surface area contributed by atoms with E-state index in [0.29, 0.717) is 12.0 Å². The van der Waals surface area contributed by atoms with Crippen LogP contribution < -0.4 is 0 Å². The van der Waals surface area contributed by atoms with E-state index in [2.05, 4.69) is 11.8 Å². The van der Waals surface area contributed by atoms with Crippen molar-refractivity contribution in [3.8, 4) is 0 Å². The first-order chi connectivity index (χ1) is 10.1. The van der Waals surface area contributed by atoms with Crippen molar-refractivity contribution in [3.05, 3.63) is 0 Å². The molecule has 3 aliphatic heterocycles. The van der Waals surface area contributed by atoms with E-state index in [1.165, 1.54) is 5.75 Å². The van der Waals surface area contributed by atoms with E-state index in [1.54, 1.807) is 0 Å². The van der Waals surface area contributed by atoms with E-state index < -0.39 is 5.97 Å². The van der Waals surface area contributed by atoms with Gasteiger partial charge in [0.05, 0.1) is 5.60 Å². The lowest BCUT2D eigenvalue weighted by atomic mass is 9.83. The van der Waals surface area contributed by atoms with E-state index in [-0.39, 0.29) is 11.6 Å². The number of piperidine rings is 1. The molecule has 4 nitrogen and oxygen atoms in total. The lowest BCUT2D eigenvalue weighted by molar-refractivity contribution is -0.151. The van der Waals surface area contributed by atoms with Crippen molar-refractivity contribution in [2.24, 2.45) is 5.92 Å². The zero-order valence-corrected chi connectivity index (χ0v) is 13.7. The SMILES string of the molecule is CCC1CCN(C2CCOC3(CCSC3)C2)C(C(=O)O)C1. The minimum absolute atomic E-state index is 0.0399. The average molecular weight is 313 g/mol. The summed E-state index contributed by atoms with van der Waals surface area (Å²) in [5.74, 6) is 2.23. The van der Waals surface area contributed by atoms with Gasteiger partial charge in [0.1, 0.15) is 6.04 Å². The van der Waals surface area contributed by atoms with Crippen LogP contribution in [0.25, 0.3) is 0 Å². The Hall–Kier alpha value is -0.260. The average Bonchev–Trinajstić information content (AvgIpc) is 2.94. The van der Waals surface area contributed by atoms with Gasteiger partial charge in [-0.25, -0.2) is 0 Å². The topological polar surface area (TPSA) is 49.8 Å². The summed E-state index contributed by atoms with van der Waals surface area (Å²) in [6, 6.07) is 0.120. The molecule has 3 saturated heterocycles. The fraction of sp³-hybridized carbons (Fsp3) is 0.938. The number of aliphatic carboxylic acids is 1. The molecule has 0 saturated carbocycles. The maximum Gasteiger partial charge on any atom is 0.320 e. The number of nitrogens with zero attached hydrogens (tertiary/aromatic N) is 1. The number of hydrogen-bond donors (Lipinski definition) is 1. The van der Waals surface area contributed by atoms with Crippen molar-refractivity contribution in [2.75, 3.05) is 24.7 Å². The standard InChI is InChI=1S/C16H27NO3S/c1-2-12-3-6-17(14(9-12)15(18)19)13-4-7-20-16(10-13)5-8-21-11-16/h12-14H,2-11H2,1H3,(H,18,19). The van der Waals surface area contributed by atoms with Crippen LogP contribution in [-0.2, 0) is 9.53 Å².